The van der Waals surface area contributed by atoms with E-state index < -0.39 is 0 Å². The molecule has 1 atom stereocenters. The third kappa shape index (κ3) is 3.04. The quantitative estimate of drug-likeness (QED) is 0.568. The van der Waals surface area contributed by atoms with Gasteiger partial charge in [-0.1, -0.05) is 0 Å². The predicted molar refractivity (Wildman–Crippen MR) is 37.8 cm³/mol. The molecule has 1 aliphatic rings. The second-order valence-electron chi connectivity index (χ2n) is 2.03. The second-order valence-corrected chi connectivity index (χ2v) is 2.03. The summed E-state index contributed by atoms with van der Waals surface area (Å²) in [5, 5.41) is 0. The summed E-state index contributed by atoms with van der Waals surface area (Å²) < 4.78 is 10.2. The summed E-state index contributed by atoms with van der Waals surface area (Å²) in [6, 6.07) is 0. The predicted octanol–water partition coefficient (Wildman–Crippen LogP) is 1.58. The van der Waals surface area contributed by atoms with E-state index in [9.17, 15) is 0 Å². The normalized spacial score (nSPS) is 27.0. The van der Waals surface area contributed by atoms with Crippen molar-refractivity contribution in [3.63, 3.8) is 0 Å². The van der Waals surface area contributed by atoms with Gasteiger partial charge in [0, 0.05) is 13.7 Å². The molecule has 1 rings (SSSR count). The van der Waals surface area contributed by atoms with Gasteiger partial charge in [-0.05, 0) is 19.3 Å². The van der Waals surface area contributed by atoms with Crippen molar-refractivity contribution in [2.45, 2.75) is 25.6 Å². The van der Waals surface area contributed by atoms with Crippen LogP contribution in [0.1, 0.15) is 19.3 Å². The molecule has 0 aromatic rings. The molecule has 0 aromatic heterocycles. The lowest BCUT2D eigenvalue weighted by Gasteiger charge is -2.20. The van der Waals surface area contributed by atoms with Crippen molar-refractivity contribution >= 4 is 12.4 Å². The zero-order chi connectivity index (χ0) is 5.82. The molecule has 3 heteroatoms. The molecule has 0 saturated carbocycles. The van der Waals surface area contributed by atoms with Crippen LogP contribution in [-0.2, 0) is 9.47 Å². The molecule has 0 aromatic carbocycles. The molecule has 1 heterocycles. The SMILES string of the molecule is COC1CCCCO1.Cl. The zero-order valence-electron chi connectivity index (χ0n) is 5.63. The number of methoxy groups -OCH3 is 1. The fourth-order valence-electron chi connectivity index (χ4n) is 0.897. The summed E-state index contributed by atoms with van der Waals surface area (Å²) in [5.74, 6) is 0. The van der Waals surface area contributed by atoms with E-state index in [2.05, 4.69) is 0 Å². The van der Waals surface area contributed by atoms with Crippen molar-refractivity contribution in [2.75, 3.05) is 13.7 Å². The number of rotatable bonds is 1. The van der Waals surface area contributed by atoms with Gasteiger partial charge in [0.05, 0.1) is 0 Å². The van der Waals surface area contributed by atoms with Crippen molar-refractivity contribution in [2.24, 2.45) is 0 Å². The van der Waals surface area contributed by atoms with Gasteiger partial charge in [0.2, 0.25) is 0 Å². The molecule has 0 radical (unpaired) electrons. The standard InChI is InChI=1S/C6H12O2.ClH/c1-7-6-4-2-3-5-8-6;/h6H,2-5H2,1H3;1H. The highest BCUT2D eigenvalue weighted by atomic mass is 35.5. The summed E-state index contributed by atoms with van der Waals surface area (Å²) in [7, 11) is 1.69. The van der Waals surface area contributed by atoms with Gasteiger partial charge in [-0.25, -0.2) is 0 Å². The van der Waals surface area contributed by atoms with Gasteiger partial charge >= 0.3 is 0 Å². The van der Waals surface area contributed by atoms with Crippen LogP contribution < -0.4 is 0 Å². The fraction of sp³-hybridized carbons (Fsp3) is 1.00. The van der Waals surface area contributed by atoms with E-state index in [0.717, 1.165) is 13.0 Å². The molecule has 0 N–H and O–H groups in total. The summed E-state index contributed by atoms with van der Waals surface area (Å²) in [6.07, 6.45) is 3.60. The monoisotopic (exact) mass is 152 g/mol. The van der Waals surface area contributed by atoms with E-state index in [4.69, 9.17) is 9.47 Å². The number of hydrogen-bond acceptors (Lipinski definition) is 2. The van der Waals surface area contributed by atoms with Crippen LogP contribution in [0.15, 0.2) is 0 Å². The summed E-state index contributed by atoms with van der Waals surface area (Å²) in [6.45, 7) is 0.874. The Morgan fingerprint density at radius 1 is 1.44 bits per heavy atom. The Labute approximate surface area is 61.9 Å². The maximum absolute atomic E-state index is 5.20. The molecule has 0 spiro atoms. The van der Waals surface area contributed by atoms with Gasteiger partial charge in [-0.2, -0.15) is 0 Å². The van der Waals surface area contributed by atoms with E-state index in [1.54, 1.807) is 7.11 Å². The lowest BCUT2D eigenvalue weighted by molar-refractivity contribution is -0.145. The molecule has 1 saturated heterocycles. The van der Waals surface area contributed by atoms with Gasteiger partial charge in [0.1, 0.15) is 0 Å². The van der Waals surface area contributed by atoms with Crippen molar-refractivity contribution in [1.29, 1.82) is 0 Å². The number of hydrogen-bond donors (Lipinski definition) is 0. The van der Waals surface area contributed by atoms with Crippen LogP contribution in [-0.4, -0.2) is 20.0 Å². The maximum atomic E-state index is 5.20. The fourth-order valence-corrected chi connectivity index (χ4v) is 0.897. The minimum atomic E-state index is 0. The molecule has 9 heavy (non-hydrogen) atoms. The number of ether oxygens (including phenoxy) is 2. The molecule has 1 fully saturated rings. The Balaban J connectivity index is 0.000000640. The Bertz CT molecular complexity index is 62.1. The van der Waals surface area contributed by atoms with Gasteiger partial charge in [-0.15, -0.1) is 12.4 Å². The molecule has 0 bridgehead atoms. The summed E-state index contributed by atoms with van der Waals surface area (Å²) >= 11 is 0. The highest BCUT2D eigenvalue weighted by Crippen LogP contribution is 2.11. The van der Waals surface area contributed by atoms with Crippen molar-refractivity contribution in [3.05, 3.63) is 0 Å². The molecule has 1 unspecified atom stereocenters. The molecular formula is C6H13ClO2. The lowest BCUT2D eigenvalue weighted by atomic mass is 10.2. The minimum Gasteiger partial charge on any atom is -0.356 e. The first kappa shape index (κ1) is 9.21. The first-order valence-electron chi connectivity index (χ1n) is 3.08. The van der Waals surface area contributed by atoms with Gasteiger partial charge in [0.15, 0.2) is 6.29 Å². The van der Waals surface area contributed by atoms with Crippen LogP contribution in [0.4, 0.5) is 0 Å². The number of halogens is 1. The Morgan fingerprint density at radius 3 is 2.56 bits per heavy atom. The summed E-state index contributed by atoms with van der Waals surface area (Å²) in [4.78, 5) is 0. The average molecular weight is 153 g/mol. The molecular weight excluding hydrogens is 140 g/mol. The van der Waals surface area contributed by atoms with E-state index >= 15 is 0 Å². The van der Waals surface area contributed by atoms with Gasteiger partial charge in [-0.3, -0.25) is 0 Å². The molecule has 1 aliphatic heterocycles. The Hall–Kier alpha value is 0.210. The van der Waals surface area contributed by atoms with Crippen LogP contribution in [0.5, 0.6) is 0 Å². The highest BCUT2D eigenvalue weighted by Gasteiger charge is 2.10. The maximum Gasteiger partial charge on any atom is 0.157 e. The van der Waals surface area contributed by atoms with Crippen LogP contribution in [0.3, 0.4) is 0 Å². The van der Waals surface area contributed by atoms with E-state index in [-0.39, 0.29) is 18.7 Å². The first-order valence-corrected chi connectivity index (χ1v) is 3.08. The van der Waals surface area contributed by atoms with E-state index in [0.29, 0.717) is 0 Å². The van der Waals surface area contributed by atoms with Gasteiger partial charge < -0.3 is 9.47 Å². The van der Waals surface area contributed by atoms with Crippen molar-refractivity contribution in [3.8, 4) is 0 Å². The molecule has 0 aliphatic carbocycles. The van der Waals surface area contributed by atoms with Crippen LogP contribution in [0.2, 0.25) is 0 Å². The summed E-state index contributed by atoms with van der Waals surface area (Å²) in [5.41, 5.74) is 0. The van der Waals surface area contributed by atoms with E-state index in [1.807, 2.05) is 0 Å². The highest BCUT2D eigenvalue weighted by molar-refractivity contribution is 5.85. The molecule has 0 amide bonds. The van der Waals surface area contributed by atoms with E-state index in [1.165, 1.54) is 12.8 Å². The van der Waals surface area contributed by atoms with Crippen LogP contribution in [0.25, 0.3) is 0 Å². The smallest absolute Gasteiger partial charge is 0.157 e. The molecule has 56 valence electrons. The average Bonchev–Trinajstić information content (AvgIpc) is 1.90. The van der Waals surface area contributed by atoms with Crippen LogP contribution in [0, 0.1) is 0 Å². The second kappa shape index (κ2) is 5.03. The lowest BCUT2D eigenvalue weighted by Crippen LogP contribution is -2.20. The van der Waals surface area contributed by atoms with Crippen molar-refractivity contribution in [1.82, 2.24) is 0 Å². The van der Waals surface area contributed by atoms with Crippen molar-refractivity contribution < 1.29 is 9.47 Å². The third-order valence-electron chi connectivity index (χ3n) is 1.40. The zero-order valence-corrected chi connectivity index (χ0v) is 6.45. The largest absolute Gasteiger partial charge is 0.356 e. The third-order valence-corrected chi connectivity index (χ3v) is 1.40. The van der Waals surface area contributed by atoms with Gasteiger partial charge in [0.25, 0.3) is 0 Å². The topological polar surface area (TPSA) is 18.5 Å². The van der Waals surface area contributed by atoms with Crippen LogP contribution >= 0.6 is 12.4 Å². The Kier molecular flexibility index (Phi) is 5.15. The first-order chi connectivity index (χ1) is 3.93. The molecule has 2 nitrogen and oxygen atoms in total. The minimum absolute atomic E-state index is 0. The Morgan fingerprint density at radius 2 is 2.22 bits per heavy atom.